The van der Waals surface area contributed by atoms with Crippen molar-refractivity contribution in [2.24, 2.45) is 7.05 Å². The predicted octanol–water partition coefficient (Wildman–Crippen LogP) is 2.22. The van der Waals surface area contributed by atoms with E-state index in [2.05, 4.69) is 40.1 Å². The average molecular weight is 564 g/mol. The van der Waals surface area contributed by atoms with Crippen LogP contribution in [0, 0.1) is 3.57 Å². The monoisotopic (exact) mass is 564 g/mol. The van der Waals surface area contributed by atoms with Gasteiger partial charge in [-0.3, -0.25) is 23.5 Å². The zero-order valence-corrected chi connectivity index (χ0v) is 21.0. The third-order valence-corrected chi connectivity index (χ3v) is 7.56. The van der Waals surface area contributed by atoms with E-state index in [1.54, 1.807) is 7.05 Å². The normalized spacial score (nSPS) is 19.3. The average Bonchev–Trinajstić information content (AvgIpc) is 3.37. The van der Waals surface area contributed by atoms with Gasteiger partial charge in [-0.05, 0) is 59.9 Å². The Bertz CT molecular complexity index is 1270. The fraction of sp³-hybridized carbons (Fsp3) is 0.522. The van der Waals surface area contributed by atoms with Crippen LogP contribution in [0.3, 0.4) is 0 Å². The smallest absolute Gasteiger partial charge is 0.332 e. The second-order valence-electron chi connectivity index (χ2n) is 8.77. The van der Waals surface area contributed by atoms with Gasteiger partial charge in [0.05, 0.1) is 19.2 Å². The lowest BCUT2D eigenvalue weighted by molar-refractivity contribution is 0.0949. The minimum Gasteiger partial charge on any atom is -0.376 e. The van der Waals surface area contributed by atoms with Crippen molar-refractivity contribution in [3.8, 4) is 0 Å². The Kier molecular flexibility index (Phi) is 6.57. The number of hydrogen-bond donors (Lipinski definition) is 1. The van der Waals surface area contributed by atoms with Crippen LogP contribution in [0.25, 0.3) is 11.2 Å². The molecule has 2 saturated heterocycles. The standard InChI is InChI=1S/C23H29IN6O3/c1-27-20-19(21(31)29(23(27)32)15-17-9-7-13-33-17)28(14-16-8-3-4-10-18(16)24)22(26-20)30-12-6-2-5-11-25-30/h3-4,8,10,17,25H,2,5-7,9,11-15H2,1H3. The van der Waals surface area contributed by atoms with Crippen molar-refractivity contribution in [3.63, 3.8) is 0 Å². The molecule has 1 atom stereocenters. The van der Waals surface area contributed by atoms with Crippen molar-refractivity contribution < 1.29 is 4.74 Å². The van der Waals surface area contributed by atoms with Crippen LogP contribution < -0.4 is 21.7 Å². The molecule has 1 unspecified atom stereocenters. The zero-order chi connectivity index (χ0) is 22.9. The summed E-state index contributed by atoms with van der Waals surface area (Å²) in [6.45, 7) is 3.10. The van der Waals surface area contributed by atoms with E-state index in [-0.39, 0.29) is 23.9 Å². The van der Waals surface area contributed by atoms with Crippen molar-refractivity contribution >= 4 is 39.7 Å². The molecular weight excluding hydrogens is 535 g/mol. The van der Waals surface area contributed by atoms with Crippen LogP contribution >= 0.6 is 22.6 Å². The maximum Gasteiger partial charge on any atom is 0.332 e. The number of aromatic nitrogens is 4. The molecular formula is C23H29IN6O3. The fourth-order valence-corrected chi connectivity index (χ4v) is 5.26. The van der Waals surface area contributed by atoms with Crippen LogP contribution in [0.15, 0.2) is 33.9 Å². The number of rotatable bonds is 5. The first kappa shape index (κ1) is 22.6. The first-order valence-corrected chi connectivity index (χ1v) is 12.7. The van der Waals surface area contributed by atoms with Crippen molar-refractivity contribution in [2.45, 2.75) is 51.3 Å². The summed E-state index contributed by atoms with van der Waals surface area (Å²) >= 11 is 2.32. The summed E-state index contributed by atoms with van der Waals surface area (Å²) in [4.78, 5) is 31.7. The van der Waals surface area contributed by atoms with Crippen molar-refractivity contribution in [2.75, 3.05) is 24.7 Å². The summed E-state index contributed by atoms with van der Waals surface area (Å²) in [5.74, 6) is 0.675. The Morgan fingerprint density at radius 1 is 1.15 bits per heavy atom. The Morgan fingerprint density at radius 2 is 2.00 bits per heavy atom. The Hall–Kier alpha value is -2.18. The number of benzene rings is 1. The number of nitrogens with one attached hydrogen (secondary N) is 1. The molecule has 176 valence electrons. The zero-order valence-electron chi connectivity index (χ0n) is 18.8. The maximum atomic E-state index is 13.7. The van der Waals surface area contributed by atoms with Crippen LogP contribution in [0.4, 0.5) is 5.95 Å². The van der Waals surface area contributed by atoms with Gasteiger partial charge < -0.3 is 4.74 Å². The lowest BCUT2D eigenvalue weighted by atomic mass is 10.2. The van der Waals surface area contributed by atoms with Crippen molar-refractivity contribution in [3.05, 3.63) is 54.2 Å². The van der Waals surface area contributed by atoms with Gasteiger partial charge >= 0.3 is 5.69 Å². The third-order valence-electron chi connectivity index (χ3n) is 6.51. The molecule has 2 fully saturated rings. The number of ether oxygens (including phenoxy) is 1. The van der Waals surface area contributed by atoms with Gasteiger partial charge in [0.1, 0.15) is 0 Å². The molecule has 2 aliphatic heterocycles. The highest BCUT2D eigenvalue weighted by molar-refractivity contribution is 14.1. The highest BCUT2D eigenvalue weighted by Gasteiger charge is 2.26. The molecule has 0 amide bonds. The molecule has 9 nitrogen and oxygen atoms in total. The van der Waals surface area contributed by atoms with Gasteiger partial charge in [-0.1, -0.05) is 24.6 Å². The predicted molar refractivity (Wildman–Crippen MR) is 136 cm³/mol. The van der Waals surface area contributed by atoms with Gasteiger partial charge in [0.15, 0.2) is 11.2 Å². The quantitative estimate of drug-likeness (QED) is 0.479. The van der Waals surface area contributed by atoms with Gasteiger partial charge in [-0.15, -0.1) is 0 Å². The largest absolute Gasteiger partial charge is 0.376 e. The van der Waals surface area contributed by atoms with E-state index in [0.29, 0.717) is 30.3 Å². The SMILES string of the molecule is Cn1c(=O)n(CC2CCCO2)c(=O)c2c1nc(N1CCCCCN1)n2Cc1ccccc1I. The lowest BCUT2D eigenvalue weighted by Gasteiger charge is -2.23. The third kappa shape index (κ3) is 4.35. The van der Waals surface area contributed by atoms with E-state index in [1.165, 1.54) is 9.13 Å². The molecule has 1 aromatic carbocycles. The van der Waals surface area contributed by atoms with E-state index >= 15 is 0 Å². The van der Waals surface area contributed by atoms with E-state index in [9.17, 15) is 9.59 Å². The minimum absolute atomic E-state index is 0.106. The number of aryl methyl sites for hydroxylation is 1. The summed E-state index contributed by atoms with van der Waals surface area (Å²) in [6.07, 6.45) is 5.00. The van der Waals surface area contributed by atoms with Gasteiger partial charge in [0.2, 0.25) is 5.95 Å². The molecule has 0 radical (unpaired) electrons. The second kappa shape index (κ2) is 9.59. The molecule has 0 saturated carbocycles. The highest BCUT2D eigenvalue weighted by atomic mass is 127. The van der Waals surface area contributed by atoms with Crippen LogP contribution in [0.1, 0.15) is 37.7 Å². The molecule has 0 spiro atoms. The number of hydrogen-bond acceptors (Lipinski definition) is 6. The van der Waals surface area contributed by atoms with Gasteiger partial charge in [-0.25, -0.2) is 10.2 Å². The summed E-state index contributed by atoms with van der Waals surface area (Å²) in [5, 5.41) is 2.04. The first-order valence-electron chi connectivity index (χ1n) is 11.6. The van der Waals surface area contributed by atoms with E-state index in [1.807, 2.05) is 21.7 Å². The van der Waals surface area contributed by atoms with Gasteiger partial charge in [0, 0.05) is 30.3 Å². The van der Waals surface area contributed by atoms with Gasteiger partial charge in [-0.2, -0.15) is 4.98 Å². The van der Waals surface area contributed by atoms with Crippen molar-refractivity contribution in [1.82, 2.24) is 24.1 Å². The van der Waals surface area contributed by atoms with E-state index < -0.39 is 0 Å². The van der Waals surface area contributed by atoms with Crippen molar-refractivity contribution in [1.29, 1.82) is 0 Å². The van der Waals surface area contributed by atoms with E-state index in [0.717, 1.165) is 54.3 Å². The van der Waals surface area contributed by atoms with Crippen LogP contribution in [-0.4, -0.2) is 44.5 Å². The molecule has 33 heavy (non-hydrogen) atoms. The lowest BCUT2D eigenvalue weighted by Crippen LogP contribution is -2.42. The maximum absolute atomic E-state index is 13.7. The summed E-state index contributed by atoms with van der Waals surface area (Å²) in [5.41, 5.74) is 4.78. The number of hydrazine groups is 1. The second-order valence-corrected chi connectivity index (χ2v) is 9.94. The molecule has 0 aliphatic carbocycles. The van der Waals surface area contributed by atoms with Gasteiger partial charge in [0.25, 0.3) is 5.56 Å². The molecule has 2 aromatic heterocycles. The van der Waals surface area contributed by atoms with Crippen LogP contribution in [-0.2, 0) is 24.9 Å². The minimum atomic E-state index is -0.350. The number of nitrogens with zero attached hydrogens (tertiary/aromatic N) is 5. The Morgan fingerprint density at radius 3 is 2.79 bits per heavy atom. The molecule has 3 aromatic rings. The number of halogens is 1. The number of fused-ring (bicyclic) bond motifs is 1. The molecule has 5 rings (SSSR count). The number of imidazole rings is 1. The molecule has 10 heteroatoms. The Balaban J connectivity index is 1.70. The molecule has 4 heterocycles. The first-order chi connectivity index (χ1) is 16.0. The fourth-order valence-electron chi connectivity index (χ4n) is 4.70. The summed E-state index contributed by atoms with van der Waals surface area (Å²) in [7, 11) is 1.69. The molecule has 0 bridgehead atoms. The molecule has 2 aliphatic rings. The topological polar surface area (TPSA) is 86.3 Å². The van der Waals surface area contributed by atoms with Crippen LogP contribution in [0.2, 0.25) is 0 Å². The molecule has 1 N–H and O–H groups in total. The Labute approximate surface area is 205 Å². The summed E-state index contributed by atoms with van der Waals surface area (Å²) in [6, 6.07) is 8.14. The van der Waals surface area contributed by atoms with E-state index in [4.69, 9.17) is 9.72 Å². The number of anilines is 1. The highest BCUT2D eigenvalue weighted by Crippen LogP contribution is 2.24. The van der Waals surface area contributed by atoms with Crippen LogP contribution in [0.5, 0.6) is 0 Å². The summed E-state index contributed by atoms with van der Waals surface area (Å²) < 4.78 is 11.6.